The molecule has 2 N–H and O–H groups in total. The highest BCUT2D eigenvalue weighted by Crippen LogP contribution is 2.25. The average molecular weight is 577 g/mol. The largest absolute Gasteiger partial charge is 0.445 e. The van der Waals surface area contributed by atoms with Gasteiger partial charge in [-0.05, 0) is 29.1 Å². The van der Waals surface area contributed by atoms with E-state index in [1.165, 1.54) is 0 Å². The van der Waals surface area contributed by atoms with Gasteiger partial charge in [-0.15, -0.1) is 0 Å². The lowest BCUT2D eigenvalue weighted by molar-refractivity contribution is -0.241. The van der Waals surface area contributed by atoms with Crippen LogP contribution in [0.25, 0.3) is 10.4 Å². The van der Waals surface area contributed by atoms with E-state index in [9.17, 15) is 15.4 Å². The zero-order valence-corrected chi connectivity index (χ0v) is 23.4. The molecule has 1 saturated heterocycles. The van der Waals surface area contributed by atoms with E-state index in [1.807, 2.05) is 91.0 Å². The van der Waals surface area contributed by atoms with Crippen LogP contribution in [0.5, 0.6) is 0 Å². The maximum Gasteiger partial charge on any atom is 0.407 e. The summed E-state index contributed by atoms with van der Waals surface area (Å²) in [4.78, 5) is 15.3. The van der Waals surface area contributed by atoms with Crippen LogP contribution in [-0.4, -0.2) is 61.1 Å². The molecule has 1 heterocycles. The van der Waals surface area contributed by atoms with Gasteiger partial charge in [0.1, 0.15) is 18.8 Å². The molecule has 0 aromatic heterocycles. The number of nitrogens with one attached hydrogen (secondary N) is 1. The Morgan fingerprint density at radius 2 is 1.50 bits per heavy atom. The number of aliphatic hydroxyl groups is 1. The van der Waals surface area contributed by atoms with Gasteiger partial charge < -0.3 is 34.1 Å². The van der Waals surface area contributed by atoms with E-state index in [0.717, 1.165) is 16.7 Å². The van der Waals surface area contributed by atoms with Gasteiger partial charge in [0, 0.05) is 4.91 Å². The molecule has 6 atom stereocenters. The van der Waals surface area contributed by atoms with Crippen molar-refractivity contribution in [1.82, 2.24) is 5.32 Å². The molecule has 0 saturated carbocycles. The minimum Gasteiger partial charge on any atom is -0.445 e. The molecular formula is C31H36N4O7. The summed E-state index contributed by atoms with van der Waals surface area (Å²) in [7, 11) is 0. The molecule has 0 radical (unpaired) electrons. The molecule has 1 aliphatic heterocycles. The van der Waals surface area contributed by atoms with Crippen LogP contribution in [0.2, 0.25) is 0 Å². The quantitative estimate of drug-likeness (QED) is 0.158. The number of carbonyl (C=O) groups is 1. The highest BCUT2D eigenvalue weighted by Gasteiger charge is 2.45. The number of hydrogen-bond acceptors (Lipinski definition) is 8. The van der Waals surface area contributed by atoms with Crippen LogP contribution in [0.3, 0.4) is 0 Å². The monoisotopic (exact) mass is 576 g/mol. The molecular weight excluding hydrogens is 540 g/mol. The fourth-order valence-corrected chi connectivity index (χ4v) is 4.47. The molecule has 0 unspecified atom stereocenters. The lowest BCUT2D eigenvalue weighted by Gasteiger charge is -2.42. The number of hydrogen-bond donors (Lipinski definition) is 2. The first kappa shape index (κ1) is 31.0. The summed E-state index contributed by atoms with van der Waals surface area (Å²) in [6.07, 6.45) is -4.28. The molecule has 0 aliphatic carbocycles. The number of rotatable bonds is 14. The molecule has 4 rings (SSSR count). The Hall–Kier alpha value is -3.96. The number of amides is 1. The van der Waals surface area contributed by atoms with Crippen molar-refractivity contribution in [2.24, 2.45) is 5.11 Å². The maximum atomic E-state index is 12.5. The summed E-state index contributed by atoms with van der Waals surface area (Å²) in [6.45, 7) is 2.76. The third-order valence-corrected chi connectivity index (χ3v) is 6.72. The first-order chi connectivity index (χ1) is 20.5. The minimum absolute atomic E-state index is 0.0421. The van der Waals surface area contributed by atoms with Gasteiger partial charge in [-0.3, -0.25) is 0 Å². The van der Waals surface area contributed by atoms with Gasteiger partial charge in [0.2, 0.25) is 0 Å². The molecule has 1 fully saturated rings. The summed E-state index contributed by atoms with van der Waals surface area (Å²) < 4.78 is 29.3. The Morgan fingerprint density at radius 3 is 2.10 bits per heavy atom. The van der Waals surface area contributed by atoms with E-state index < -0.39 is 42.8 Å². The highest BCUT2D eigenvalue weighted by molar-refractivity contribution is 5.67. The number of nitrogens with zero attached hydrogens (tertiary/aromatic N) is 3. The van der Waals surface area contributed by atoms with Crippen molar-refractivity contribution >= 4 is 6.09 Å². The number of carbonyl (C=O) groups excluding carboxylic acids is 1. The molecule has 1 aliphatic rings. The molecule has 3 aromatic rings. The van der Waals surface area contributed by atoms with Gasteiger partial charge in [-0.1, -0.05) is 96.1 Å². The number of azide groups is 1. The second kappa shape index (κ2) is 16.5. The zero-order valence-electron chi connectivity index (χ0n) is 23.4. The number of ether oxygens (including phenoxy) is 5. The van der Waals surface area contributed by atoms with E-state index in [1.54, 1.807) is 6.92 Å². The summed E-state index contributed by atoms with van der Waals surface area (Å²) in [5.74, 6) is 0. The fourth-order valence-electron chi connectivity index (χ4n) is 4.47. The predicted molar refractivity (Wildman–Crippen MR) is 154 cm³/mol. The molecule has 11 heteroatoms. The van der Waals surface area contributed by atoms with Crippen molar-refractivity contribution in [3.05, 3.63) is 118 Å². The third-order valence-electron chi connectivity index (χ3n) is 6.72. The van der Waals surface area contributed by atoms with Crippen molar-refractivity contribution in [1.29, 1.82) is 0 Å². The van der Waals surface area contributed by atoms with Gasteiger partial charge in [0.25, 0.3) is 0 Å². The van der Waals surface area contributed by atoms with Gasteiger partial charge in [-0.2, -0.15) is 0 Å². The normalized spacial score (nSPS) is 22.5. The molecule has 11 nitrogen and oxygen atoms in total. The zero-order chi connectivity index (χ0) is 29.6. The Kier molecular flexibility index (Phi) is 12.2. The van der Waals surface area contributed by atoms with Crippen molar-refractivity contribution in [2.45, 2.75) is 63.4 Å². The second-order valence-electron chi connectivity index (χ2n) is 9.88. The van der Waals surface area contributed by atoms with Crippen LogP contribution in [0, 0.1) is 0 Å². The van der Waals surface area contributed by atoms with E-state index >= 15 is 0 Å². The van der Waals surface area contributed by atoms with E-state index in [4.69, 9.17) is 23.7 Å². The maximum absolute atomic E-state index is 12.5. The molecule has 0 spiro atoms. The van der Waals surface area contributed by atoms with Crippen LogP contribution in [0.15, 0.2) is 96.1 Å². The minimum atomic E-state index is -1.29. The standard InChI is InChI=1S/C31H36N4O7/c1-22-27(33-31(37)41-19-25-15-9-4-10-16-25)29(36)28(34-35-32)30(42-22)40-21-26(39-18-24-13-7-3-8-14-24)20-38-17-23-11-5-2-6-12-23/h2-16,22,26-30,36H,17-21H2,1H3,(H,33,37)/t22-,26-,27+,28-,29+,30-/m1/s1. The van der Waals surface area contributed by atoms with Crippen LogP contribution >= 0.6 is 0 Å². The summed E-state index contributed by atoms with van der Waals surface area (Å²) in [5, 5.41) is 17.4. The predicted octanol–water partition coefficient (Wildman–Crippen LogP) is 4.88. The Bertz CT molecular complexity index is 1260. The number of alkyl carbamates (subject to hydrolysis) is 1. The van der Waals surface area contributed by atoms with Gasteiger partial charge in [-0.25, -0.2) is 4.79 Å². The van der Waals surface area contributed by atoms with Gasteiger partial charge in [0.05, 0.1) is 44.7 Å². The molecule has 3 aromatic carbocycles. The van der Waals surface area contributed by atoms with Crippen LogP contribution < -0.4 is 5.32 Å². The Labute approximate surface area is 244 Å². The van der Waals surface area contributed by atoms with Crippen molar-refractivity contribution in [3.63, 3.8) is 0 Å². The lowest BCUT2D eigenvalue weighted by Crippen LogP contribution is -2.62. The van der Waals surface area contributed by atoms with Crippen molar-refractivity contribution in [2.75, 3.05) is 13.2 Å². The average Bonchev–Trinajstić information content (AvgIpc) is 3.02. The van der Waals surface area contributed by atoms with Crippen LogP contribution in [-0.2, 0) is 43.5 Å². The van der Waals surface area contributed by atoms with Crippen LogP contribution in [0.4, 0.5) is 4.79 Å². The SMILES string of the molecule is C[C@H]1O[C@@H](OC[C@@H](COCc2ccccc2)OCc2ccccc2)[C@H](N=[N+]=[N-])[C@@H](O)[C@H]1NC(=O)OCc1ccccc1. The van der Waals surface area contributed by atoms with Crippen LogP contribution in [0.1, 0.15) is 23.6 Å². The Morgan fingerprint density at radius 1 is 0.929 bits per heavy atom. The lowest BCUT2D eigenvalue weighted by atomic mass is 9.95. The number of aliphatic hydroxyl groups excluding tert-OH is 1. The summed E-state index contributed by atoms with van der Waals surface area (Å²) in [6, 6.07) is 26.7. The van der Waals surface area contributed by atoms with Crippen molar-refractivity contribution in [3.8, 4) is 0 Å². The van der Waals surface area contributed by atoms with E-state index in [2.05, 4.69) is 15.3 Å². The van der Waals surface area contributed by atoms with E-state index in [0.29, 0.717) is 13.2 Å². The summed E-state index contributed by atoms with van der Waals surface area (Å²) >= 11 is 0. The molecule has 0 bridgehead atoms. The number of benzene rings is 3. The molecule has 1 amide bonds. The highest BCUT2D eigenvalue weighted by atomic mass is 16.7. The van der Waals surface area contributed by atoms with Gasteiger partial charge in [0.15, 0.2) is 6.29 Å². The first-order valence-corrected chi connectivity index (χ1v) is 13.8. The van der Waals surface area contributed by atoms with E-state index in [-0.39, 0.29) is 19.8 Å². The van der Waals surface area contributed by atoms with Gasteiger partial charge >= 0.3 is 6.09 Å². The smallest absolute Gasteiger partial charge is 0.407 e. The summed E-state index contributed by atoms with van der Waals surface area (Å²) in [5.41, 5.74) is 12.0. The van der Waals surface area contributed by atoms with Crippen molar-refractivity contribution < 1.29 is 33.6 Å². The Balaban J connectivity index is 1.34. The molecule has 222 valence electrons. The second-order valence-corrected chi connectivity index (χ2v) is 9.88. The topological polar surface area (TPSA) is 144 Å². The first-order valence-electron chi connectivity index (χ1n) is 13.8. The molecule has 42 heavy (non-hydrogen) atoms. The third kappa shape index (κ3) is 9.56. The fraction of sp³-hybridized carbons (Fsp3) is 0.387.